The Morgan fingerprint density at radius 2 is 2.26 bits per heavy atom. The van der Waals surface area contributed by atoms with Gasteiger partial charge in [-0.15, -0.1) is 0 Å². The van der Waals surface area contributed by atoms with Crippen LogP contribution >= 0.6 is 27.5 Å². The summed E-state index contributed by atoms with van der Waals surface area (Å²) in [5.41, 5.74) is 0.492. The number of rotatable bonds is 3. The summed E-state index contributed by atoms with van der Waals surface area (Å²) in [7, 11) is 1.75. The second kappa shape index (κ2) is 6.25. The van der Waals surface area contributed by atoms with Gasteiger partial charge in [0.2, 0.25) is 0 Å². The van der Waals surface area contributed by atoms with Gasteiger partial charge >= 0.3 is 0 Å². The molecule has 1 amide bonds. The van der Waals surface area contributed by atoms with Gasteiger partial charge in [-0.2, -0.15) is 0 Å². The molecular formula is C14H17BrClNO2. The lowest BCUT2D eigenvalue weighted by atomic mass is 10.1. The van der Waals surface area contributed by atoms with Gasteiger partial charge in [-0.25, -0.2) is 0 Å². The van der Waals surface area contributed by atoms with Crippen molar-refractivity contribution >= 4 is 33.4 Å². The quantitative estimate of drug-likeness (QED) is 0.912. The number of aliphatic hydroxyl groups excluding tert-OH is 1. The number of benzene rings is 1. The minimum atomic E-state index is -0.284. The van der Waals surface area contributed by atoms with Crippen molar-refractivity contribution in [2.45, 2.75) is 25.4 Å². The predicted molar refractivity (Wildman–Crippen MR) is 79.5 cm³/mol. The van der Waals surface area contributed by atoms with E-state index in [9.17, 15) is 9.90 Å². The highest BCUT2D eigenvalue weighted by Gasteiger charge is 2.28. The van der Waals surface area contributed by atoms with Crippen LogP contribution in [0, 0.1) is 5.92 Å². The first-order valence-electron chi connectivity index (χ1n) is 6.38. The van der Waals surface area contributed by atoms with Crippen LogP contribution in [0.15, 0.2) is 22.7 Å². The maximum Gasteiger partial charge on any atom is 0.255 e. The molecule has 3 nitrogen and oxygen atoms in total. The molecule has 1 aliphatic rings. The van der Waals surface area contributed by atoms with Gasteiger partial charge in [-0.3, -0.25) is 4.79 Å². The second-order valence-electron chi connectivity index (χ2n) is 5.05. The molecule has 2 unspecified atom stereocenters. The zero-order valence-corrected chi connectivity index (χ0v) is 13.1. The van der Waals surface area contributed by atoms with Gasteiger partial charge in [0.05, 0.1) is 16.7 Å². The monoisotopic (exact) mass is 345 g/mol. The lowest BCUT2D eigenvalue weighted by Gasteiger charge is -2.23. The van der Waals surface area contributed by atoms with E-state index >= 15 is 0 Å². The van der Waals surface area contributed by atoms with E-state index in [4.69, 9.17) is 11.6 Å². The largest absolute Gasteiger partial charge is 0.393 e. The third kappa shape index (κ3) is 3.30. The van der Waals surface area contributed by atoms with Crippen LogP contribution < -0.4 is 0 Å². The van der Waals surface area contributed by atoms with Gasteiger partial charge in [0.25, 0.3) is 5.91 Å². The fraction of sp³-hybridized carbons (Fsp3) is 0.500. The van der Waals surface area contributed by atoms with Crippen molar-refractivity contribution < 1.29 is 9.90 Å². The van der Waals surface area contributed by atoms with E-state index in [1.807, 2.05) is 0 Å². The second-order valence-corrected chi connectivity index (χ2v) is 6.28. The Labute approximate surface area is 126 Å². The lowest BCUT2D eigenvalue weighted by Crippen LogP contribution is -2.34. The van der Waals surface area contributed by atoms with Crippen molar-refractivity contribution in [2.75, 3.05) is 13.6 Å². The molecule has 0 radical (unpaired) electrons. The molecule has 5 heteroatoms. The third-order valence-corrected chi connectivity index (χ3v) is 4.95. The van der Waals surface area contributed by atoms with Crippen LogP contribution in [0.2, 0.25) is 5.02 Å². The van der Waals surface area contributed by atoms with Gasteiger partial charge < -0.3 is 10.0 Å². The molecule has 1 N–H and O–H groups in total. The molecule has 1 fully saturated rings. The van der Waals surface area contributed by atoms with Crippen LogP contribution in [0.4, 0.5) is 0 Å². The van der Waals surface area contributed by atoms with Crippen LogP contribution in [0.25, 0.3) is 0 Å². The van der Waals surface area contributed by atoms with E-state index < -0.39 is 0 Å². The minimum Gasteiger partial charge on any atom is -0.393 e. The first-order chi connectivity index (χ1) is 9.00. The molecule has 0 spiro atoms. The highest BCUT2D eigenvalue weighted by Crippen LogP contribution is 2.29. The number of hydrogen-bond acceptors (Lipinski definition) is 2. The predicted octanol–water partition coefficient (Wildman–Crippen LogP) is 3.34. The molecule has 2 atom stereocenters. The van der Waals surface area contributed by atoms with E-state index in [0.717, 1.165) is 19.3 Å². The first kappa shape index (κ1) is 14.8. The SMILES string of the molecule is CN(CC1CCCC1O)C(=O)c1cccc(Br)c1Cl. The summed E-state index contributed by atoms with van der Waals surface area (Å²) in [6, 6.07) is 5.32. The van der Waals surface area contributed by atoms with E-state index in [1.54, 1.807) is 30.1 Å². The number of amides is 1. The van der Waals surface area contributed by atoms with Crippen LogP contribution in [0.3, 0.4) is 0 Å². The third-order valence-electron chi connectivity index (χ3n) is 3.66. The maximum atomic E-state index is 12.4. The first-order valence-corrected chi connectivity index (χ1v) is 7.55. The summed E-state index contributed by atoms with van der Waals surface area (Å²) < 4.78 is 0.717. The fourth-order valence-electron chi connectivity index (χ4n) is 2.54. The highest BCUT2D eigenvalue weighted by molar-refractivity contribution is 9.10. The Balaban J connectivity index is 2.08. The zero-order chi connectivity index (χ0) is 14.0. The summed E-state index contributed by atoms with van der Waals surface area (Å²) in [6.07, 6.45) is 2.56. The number of aliphatic hydroxyl groups is 1. The van der Waals surface area contributed by atoms with Crippen molar-refractivity contribution in [2.24, 2.45) is 5.92 Å². The lowest BCUT2D eigenvalue weighted by molar-refractivity contribution is 0.0693. The van der Waals surface area contributed by atoms with E-state index in [2.05, 4.69) is 15.9 Å². The van der Waals surface area contributed by atoms with Crippen molar-refractivity contribution in [1.82, 2.24) is 4.90 Å². The number of carbonyl (C=O) groups is 1. The van der Waals surface area contributed by atoms with Gasteiger partial charge in [0.1, 0.15) is 0 Å². The molecule has 104 valence electrons. The molecule has 0 heterocycles. The smallest absolute Gasteiger partial charge is 0.255 e. The number of carbonyl (C=O) groups excluding carboxylic acids is 1. The summed E-state index contributed by atoms with van der Waals surface area (Å²) in [5, 5.41) is 10.3. The number of hydrogen-bond donors (Lipinski definition) is 1. The fourth-order valence-corrected chi connectivity index (χ4v) is 3.11. The average Bonchev–Trinajstić information content (AvgIpc) is 2.77. The van der Waals surface area contributed by atoms with Crippen molar-refractivity contribution in [1.29, 1.82) is 0 Å². The topological polar surface area (TPSA) is 40.5 Å². The van der Waals surface area contributed by atoms with E-state index in [1.165, 1.54) is 0 Å². The molecule has 2 rings (SSSR count). The van der Waals surface area contributed by atoms with Crippen molar-refractivity contribution in [3.8, 4) is 0 Å². The van der Waals surface area contributed by atoms with Crippen molar-refractivity contribution in [3.63, 3.8) is 0 Å². The van der Waals surface area contributed by atoms with Gasteiger partial charge in [-0.1, -0.05) is 24.1 Å². The van der Waals surface area contributed by atoms with E-state index in [0.29, 0.717) is 21.6 Å². The molecule has 1 saturated carbocycles. The summed E-state index contributed by atoms with van der Waals surface area (Å²) in [5.74, 6) is 0.0743. The Morgan fingerprint density at radius 1 is 1.53 bits per heavy atom. The molecule has 1 aromatic carbocycles. The van der Waals surface area contributed by atoms with Gasteiger partial charge in [-0.05, 0) is 40.9 Å². The Bertz CT molecular complexity index is 481. The molecule has 19 heavy (non-hydrogen) atoms. The standard InChI is InChI=1S/C14H17BrClNO2/c1-17(8-9-4-2-7-12(9)18)14(19)10-5-3-6-11(15)13(10)16/h3,5-6,9,12,18H,2,4,7-8H2,1H3. The molecule has 1 aliphatic carbocycles. The number of halogens is 2. The van der Waals surface area contributed by atoms with Gasteiger partial charge in [0, 0.05) is 24.0 Å². The molecule has 0 bridgehead atoms. The molecule has 0 saturated heterocycles. The zero-order valence-electron chi connectivity index (χ0n) is 10.8. The molecule has 1 aromatic rings. The van der Waals surface area contributed by atoms with Crippen LogP contribution in [-0.2, 0) is 0 Å². The maximum absolute atomic E-state index is 12.4. The van der Waals surface area contributed by atoms with Crippen LogP contribution in [-0.4, -0.2) is 35.6 Å². The summed E-state index contributed by atoms with van der Waals surface area (Å²) in [4.78, 5) is 14.0. The highest BCUT2D eigenvalue weighted by atomic mass is 79.9. The van der Waals surface area contributed by atoms with Crippen LogP contribution in [0.1, 0.15) is 29.6 Å². The average molecular weight is 347 g/mol. The van der Waals surface area contributed by atoms with Gasteiger partial charge in [0.15, 0.2) is 0 Å². The normalized spacial score (nSPS) is 22.5. The summed E-state index contributed by atoms with van der Waals surface area (Å²) in [6.45, 7) is 0.572. The molecule has 0 aliphatic heterocycles. The Hall–Kier alpha value is -0.580. The summed E-state index contributed by atoms with van der Waals surface area (Å²) >= 11 is 9.45. The Morgan fingerprint density at radius 3 is 2.89 bits per heavy atom. The van der Waals surface area contributed by atoms with E-state index in [-0.39, 0.29) is 17.9 Å². The van der Waals surface area contributed by atoms with Crippen molar-refractivity contribution in [3.05, 3.63) is 33.3 Å². The minimum absolute atomic E-state index is 0.106. The Kier molecular flexibility index (Phi) is 4.87. The molecular weight excluding hydrogens is 330 g/mol. The number of nitrogens with zero attached hydrogens (tertiary/aromatic N) is 1. The van der Waals surface area contributed by atoms with Crippen LogP contribution in [0.5, 0.6) is 0 Å². The molecule has 0 aromatic heterocycles.